The molecule has 0 saturated heterocycles. The second-order valence-electron chi connectivity index (χ2n) is 8.40. The van der Waals surface area contributed by atoms with Gasteiger partial charge in [-0.15, -0.1) is 31.2 Å². The minimum absolute atomic E-state index is 0. The van der Waals surface area contributed by atoms with Gasteiger partial charge in [-0.3, -0.25) is 6.08 Å². The fourth-order valence-corrected chi connectivity index (χ4v) is 3.41. The Hall–Kier alpha value is 0.171. The average molecular weight is 485 g/mol. The van der Waals surface area contributed by atoms with Crippen LogP contribution in [0.2, 0.25) is 24.7 Å². The van der Waals surface area contributed by atoms with Gasteiger partial charge in [-0.25, -0.2) is 11.3 Å². The number of phenolic OH excluding ortho intramolecular Hbond substituents is 1. The third-order valence-corrected chi connectivity index (χ3v) is 5.43. The van der Waals surface area contributed by atoms with E-state index in [2.05, 4.69) is 92.5 Å². The topological polar surface area (TPSA) is 20.2 Å². The smallest absolute Gasteiger partial charge is 0.0393 e. The first kappa shape index (κ1) is 31.9. The first-order chi connectivity index (χ1) is 11.2. The molecule has 0 aliphatic heterocycles. The van der Waals surface area contributed by atoms with Gasteiger partial charge in [0.1, 0.15) is 5.75 Å². The zero-order valence-electron chi connectivity index (χ0n) is 17.7. The Kier molecular flexibility index (Phi) is 16.8. The molecule has 1 aromatic carbocycles. The van der Waals surface area contributed by atoms with Crippen molar-refractivity contribution in [2.24, 2.45) is 0 Å². The fraction of sp³-hybridized carbons (Fsp3) is 0.476. The van der Waals surface area contributed by atoms with Crippen molar-refractivity contribution in [3.05, 3.63) is 52.2 Å². The van der Waals surface area contributed by atoms with E-state index in [4.69, 9.17) is 11.6 Å². The SMILES string of the molecule is CC(C)(C)c1cc(O)cc(Cl)c1.C[C](C)=[Ti+].C[Si](C)(C)C1=[C-]CC=C1.Cl.Cl. The standard InChI is InChI=1S/C10H13ClO.C8H13Si.C3H6.2ClH.Ti/c1-10(2,3)7-4-8(11)6-9(12)5-7;1-9(2,3)8-6-4-5-7-8;1-3-2;;;/h4-6,12H,1-3H3;4,6H,5H2,1-3H3;1-2H3;2*1H;/q;-1;;;;+1. The Morgan fingerprint density at radius 2 is 1.59 bits per heavy atom. The molecule has 0 fully saturated rings. The van der Waals surface area contributed by atoms with Crippen LogP contribution in [0.4, 0.5) is 0 Å². The summed E-state index contributed by atoms with van der Waals surface area (Å²) in [5.74, 6) is 0.229. The maximum Gasteiger partial charge on any atom is 0.0393 e. The van der Waals surface area contributed by atoms with Crippen molar-refractivity contribution in [1.29, 1.82) is 0 Å². The van der Waals surface area contributed by atoms with Crippen LogP contribution in [0.3, 0.4) is 0 Å². The van der Waals surface area contributed by atoms with Crippen molar-refractivity contribution in [2.75, 3.05) is 0 Å². The number of hydrogen-bond acceptors (Lipinski definition) is 1. The van der Waals surface area contributed by atoms with Gasteiger partial charge in [-0.05, 0) is 29.2 Å². The van der Waals surface area contributed by atoms with Gasteiger partial charge >= 0.3 is 37.6 Å². The summed E-state index contributed by atoms with van der Waals surface area (Å²) in [6.45, 7) is 17.5. The number of aromatic hydroxyl groups is 1. The Balaban J connectivity index is -0.000000343. The van der Waals surface area contributed by atoms with Gasteiger partial charge in [0.15, 0.2) is 0 Å². The van der Waals surface area contributed by atoms with Crippen molar-refractivity contribution in [3.8, 4) is 5.75 Å². The van der Waals surface area contributed by atoms with Gasteiger partial charge in [0, 0.05) is 13.1 Å². The molecular formula is C21H34Cl3OSiTi. The van der Waals surface area contributed by atoms with Crippen LogP contribution in [0.1, 0.15) is 46.6 Å². The molecule has 0 unspecified atom stereocenters. The number of hydrogen-bond donors (Lipinski definition) is 1. The summed E-state index contributed by atoms with van der Waals surface area (Å²) in [4.78, 5) is 0. The molecule has 0 atom stereocenters. The third kappa shape index (κ3) is 15.7. The van der Waals surface area contributed by atoms with Gasteiger partial charge in [-0.1, -0.05) is 52.0 Å². The molecule has 0 heterocycles. The first-order valence-corrected chi connectivity index (χ1v) is 13.2. The van der Waals surface area contributed by atoms with Crippen LogP contribution in [0.15, 0.2) is 35.5 Å². The predicted octanol–water partition coefficient (Wildman–Crippen LogP) is 7.49. The molecule has 153 valence electrons. The molecule has 1 aliphatic carbocycles. The molecule has 6 heteroatoms. The van der Waals surface area contributed by atoms with Crippen molar-refractivity contribution in [2.45, 2.75) is 66.1 Å². The third-order valence-electron chi connectivity index (χ3n) is 3.25. The average Bonchev–Trinajstić information content (AvgIpc) is 2.89. The fourth-order valence-electron chi connectivity index (χ4n) is 1.93. The maximum absolute atomic E-state index is 9.27. The molecule has 0 aromatic heterocycles. The maximum atomic E-state index is 9.27. The summed E-state index contributed by atoms with van der Waals surface area (Å²) in [6.07, 6.45) is 8.82. The number of phenols is 1. The normalized spacial score (nSPS) is 12.3. The number of halogens is 3. The van der Waals surface area contributed by atoms with Crippen LogP contribution < -0.4 is 0 Å². The largest absolute Gasteiger partial charge is 0.274 e. The zero-order valence-corrected chi connectivity index (χ0v) is 22.7. The van der Waals surface area contributed by atoms with Crippen molar-refractivity contribution in [1.82, 2.24) is 0 Å². The van der Waals surface area contributed by atoms with Crippen LogP contribution in [0.25, 0.3) is 0 Å². The van der Waals surface area contributed by atoms with Crippen LogP contribution >= 0.6 is 36.4 Å². The van der Waals surface area contributed by atoms with Gasteiger partial charge in [0.2, 0.25) is 0 Å². The summed E-state index contributed by atoms with van der Waals surface area (Å²) in [5, 5.41) is 11.3. The molecule has 0 saturated carbocycles. The molecule has 1 aromatic rings. The monoisotopic (exact) mass is 483 g/mol. The van der Waals surface area contributed by atoms with E-state index >= 15 is 0 Å². The molecule has 0 radical (unpaired) electrons. The Labute approximate surface area is 196 Å². The molecule has 1 N–H and O–H groups in total. The summed E-state index contributed by atoms with van der Waals surface area (Å²) in [5.41, 5.74) is 1.08. The molecule has 0 amide bonds. The minimum atomic E-state index is -1.01. The number of benzene rings is 1. The van der Waals surface area contributed by atoms with E-state index in [0.29, 0.717) is 5.02 Å². The summed E-state index contributed by atoms with van der Waals surface area (Å²) in [7, 11) is -1.01. The molecular weight excluding hydrogens is 451 g/mol. The Morgan fingerprint density at radius 3 is 1.85 bits per heavy atom. The van der Waals surface area contributed by atoms with Crippen molar-refractivity contribution < 1.29 is 25.1 Å². The summed E-state index contributed by atoms with van der Waals surface area (Å²) < 4.78 is 1.42. The molecule has 0 spiro atoms. The zero-order chi connectivity index (χ0) is 19.8. The minimum Gasteiger partial charge on any atom is -0.274 e. The Bertz CT molecular complexity index is 618. The van der Waals surface area contributed by atoms with Gasteiger partial charge in [-0.2, -0.15) is 6.08 Å². The van der Waals surface area contributed by atoms with E-state index in [1.165, 1.54) is 15.1 Å². The van der Waals surface area contributed by atoms with Crippen LogP contribution in [-0.2, 0) is 25.4 Å². The van der Waals surface area contributed by atoms with E-state index in [9.17, 15) is 5.11 Å². The van der Waals surface area contributed by atoms with Gasteiger partial charge < -0.3 is 5.11 Å². The first-order valence-electron chi connectivity index (χ1n) is 8.53. The quantitative estimate of drug-likeness (QED) is 0.323. The van der Waals surface area contributed by atoms with Crippen LogP contribution in [0.5, 0.6) is 5.75 Å². The number of rotatable bonds is 1. The van der Waals surface area contributed by atoms with Crippen molar-refractivity contribution >= 4 is 48.3 Å². The Morgan fingerprint density at radius 1 is 1.11 bits per heavy atom. The summed E-state index contributed by atoms with van der Waals surface area (Å²) >= 11 is 7.88. The molecule has 2 rings (SSSR count). The van der Waals surface area contributed by atoms with E-state index in [0.717, 1.165) is 12.0 Å². The molecule has 1 aliphatic rings. The second-order valence-corrected chi connectivity index (χ2v) is 15.4. The number of allylic oxidation sites excluding steroid dienone is 4. The summed E-state index contributed by atoms with van der Waals surface area (Å²) in [6, 6.07) is 5.16. The van der Waals surface area contributed by atoms with Gasteiger partial charge in [0.05, 0.1) is 0 Å². The second kappa shape index (κ2) is 14.2. The molecule has 1 nitrogen and oxygen atoms in total. The molecule has 27 heavy (non-hydrogen) atoms. The molecule has 0 bridgehead atoms. The van der Waals surface area contributed by atoms with Gasteiger partial charge in [0.25, 0.3) is 0 Å². The van der Waals surface area contributed by atoms with Crippen LogP contribution in [0, 0.1) is 6.08 Å². The van der Waals surface area contributed by atoms with Crippen LogP contribution in [-0.4, -0.2) is 17.0 Å². The van der Waals surface area contributed by atoms with E-state index in [-0.39, 0.29) is 36.0 Å². The predicted molar refractivity (Wildman–Crippen MR) is 127 cm³/mol. The van der Waals surface area contributed by atoms with E-state index in [1.54, 1.807) is 6.07 Å². The van der Waals surface area contributed by atoms with E-state index < -0.39 is 8.07 Å². The van der Waals surface area contributed by atoms with Crippen molar-refractivity contribution in [3.63, 3.8) is 0 Å². The van der Waals surface area contributed by atoms with E-state index in [1.807, 2.05) is 6.07 Å².